The van der Waals surface area contributed by atoms with Crippen molar-refractivity contribution in [3.8, 4) is 0 Å². The fraction of sp³-hybridized carbons (Fsp3) is 0.333. The van der Waals surface area contributed by atoms with Crippen LogP contribution in [0.25, 0.3) is 0 Å². The standard InChI is InChI=1S/C30H32N2O2S2/c33-29(31(23-13-3-1-4-14-23)35-25-17-7-8-18-25)27-21-11-12-22-28(27)30(34)32(24-15-5-2-6-16-24)36-26-19-9-10-20-26/h1-6,11-16,21-22,25-26H,7-10,17-20H2. The van der Waals surface area contributed by atoms with E-state index in [2.05, 4.69) is 0 Å². The molecule has 0 unspecified atom stereocenters. The van der Waals surface area contributed by atoms with Crippen molar-refractivity contribution >= 4 is 47.1 Å². The Kier molecular flexibility index (Phi) is 8.34. The number of para-hydroxylation sites is 2. The van der Waals surface area contributed by atoms with E-state index in [1.807, 2.05) is 72.8 Å². The Hall–Kier alpha value is -2.70. The maximum Gasteiger partial charge on any atom is 0.269 e. The van der Waals surface area contributed by atoms with Crippen LogP contribution in [0.3, 0.4) is 0 Å². The summed E-state index contributed by atoms with van der Waals surface area (Å²) in [5.74, 6) is -0.276. The van der Waals surface area contributed by atoms with Crippen LogP contribution in [0.15, 0.2) is 84.9 Å². The topological polar surface area (TPSA) is 40.6 Å². The summed E-state index contributed by atoms with van der Waals surface area (Å²) in [7, 11) is 0. The molecule has 6 heteroatoms. The fourth-order valence-electron chi connectivity index (χ4n) is 4.94. The number of carbonyl (C=O) groups excluding carboxylic acids is 2. The van der Waals surface area contributed by atoms with Gasteiger partial charge in [-0.15, -0.1) is 0 Å². The number of nitrogens with zero attached hydrogens (tertiary/aromatic N) is 2. The van der Waals surface area contributed by atoms with Crippen LogP contribution in [0, 0.1) is 0 Å². The van der Waals surface area contributed by atoms with Gasteiger partial charge in [-0.05, 0) is 86.0 Å². The predicted octanol–water partition coefficient (Wildman–Crippen LogP) is 8.16. The van der Waals surface area contributed by atoms with Gasteiger partial charge in [-0.3, -0.25) is 9.59 Å². The second-order valence-corrected chi connectivity index (χ2v) is 11.9. The van der Waals surface area contributed by atoms with Crippen molar-refractivity contribution < 1.29 is 9.59 Å². The average molecular weight is 517 g/mol. The van der Waals surface area contributed by atoms with E-state index in [1.165, 1.54) is 25.7 Å². The van der Waals surface area contributed by atoms with Crippen LogP contribution in [0.4, 0.5) is 11.4 Å². The summed E-state index contributed by atoms with van der Waals surface area (Å²) in [6.07, 6.45) is 9.26. The van der Waals surface area contributed by atoms with Crippen molar-refractivity contribution in [3.63, 3.8) is 0 Å². The molecule has 2 aliphatic carbocycles. The minimum atomic E-state index is -0.138. The lowest BCUT2D eigenvalue weighted by molar-refractivity contribution is 0.0975. The zero-order valence-electron chi connectivity index (χ0n) is 20.4. The van der Waals surface area contributed by atoms with Gasteiger partial charge >= 0.3 is 0 Å². The van der Waals surface area contributed by atoms with Crippen LogP contribution >= 0.6 is 23.9 Å². The zero-order chi connectivity index (χ0) is 24.7. The van der Waals surface area contributed by atoms with Gasteiger partial charge in [-0.2, -0.15) is 0 Å². The molecule has 0 heterocycles. The van der Waals surface area contributed by atoms with E-state index in [-0.39, 0.29) is 11.8 Å². The minimum absolute atomic E-state index is 0.138. The van der Waals surface area contributed by atoms with Crippen LogP contribution < -0.4 is 8.61 Å². The summed E-state index contributed by atoms with van der Waals surface area (Å²) in [6.45, 7) is 0. The molecule has 0 atom stereocenters. The number of amides is 2. The van der Waals surface area contributed by atoms with Crippen molar-refractivity contribution in [2.45, 2.75) is 61.9 Å². The molecule has 2 fully saturated rings. The van der Waals surface area contributed by atoms with Crippen LogP contribution in [0.2, 0.25) is 0 Å². The third kappa shape index (κ3) is 5.81. The Balaban J connectivity index is 1.48. The van der Waals surface area contributed by atoms with Crippen LogP contribution in [0.5, 0.6) is 0 Å². The van der Waals surface area contributed by atoms with Gasteiger partial charge in [0.25, 0.3) is 11.8 Å². The van der Waals surface area contributed by atoms with E-state index >= 15 is 0 Å². The summed E-state index contributed by atoms with van der Waals surface area (Å²) in [4.78, 5) is 28.2. The zero-order valence-corrected chi connectivity index (χ0v) is 22.1. The third-order valence-electron chi connectivity index (χ3n) is 6.85. The number of carbonyl (C=O) groups is 2. The Labute approximate surface area is 222 Å². The molecule has 0 aliphatic heterocycles. The molecule has 0 bridgehead atoms. The van der Waals surface area contributed by atoms with E-state index in [1.54, 1.807) is 44.6 Å². The van der Waals surface area contributed by atoms with Gasteiger partial charge < -0.3 is 0 Å². The maximum atomic E-state index is 14.1. The Bertz CT molecular complexity index is 1070. The molecular weight excluding hydrogens is 484 g/mol. The molecule has 0 spiro atoms. The molecule has 0 N–H and O–H groups in total. The fourth-order valence-corrected chi connectivity index (χ4v) is 7.50. The maximum absolute atomic E-state index is 14.1. The van der Waals surface area contributed by atoms with Crippen LogP contribution in [0.1, 0.15) is 72.1 Å². The monoisotopic (exact) mass is 516 g/mol. The summed E-state index contributed by atoms with van der Waals surface area (Å²) in [5.41, 5.74) is 2.60. The first-order chi connectivity index (χ1) is 17.7. The van der Waals surface area contributed by atoms with Gasteiger partial charge in [-0.25, -0.2) is 8.61 Å². The number of rotatable bonds is 8. The molecular formula is C30H32N2O2S2. The molecule has 3 aromatic carbocycles. The molecule has 2 aliphatic rings. The number of hydrogen-bond donors (Lipinski definition) is 0. The van der Waals surface area contributed by atoms with E-state index in [9.17, 15) is 9.59 Å². The SMILES string of the molecule is O=C(c1ccccc1C(=O)N(SC1CCCC1)c1ccccc1)N(SC1CCCC1)c1ccccc1. The Morgan fingerprint density at radius 2 is 0.861 bits per heavy atom. The second kappa shape index (κ2) is 12.0. The lowest BCUT2D eigenvalue weighted by atomic mass is 10.1. The van der Waals surface area contributed by atoms with Crippen molar-refractivity contribution in [2.75, 3.05) is 8.61 Å². The Morgan fingerprint density at radius 3 is 1.22 bits per heavy atom. The molecule has 4 nitrogen and oxygen atoms in total. The van der Waals surface area contributed by atoms with Crippen molar-refractivity contribution in [3.05, 3.63) is 96.1 Å². The highest BCUT2D eigenvalue weighted by Crippen LogP contribution is 2.38. The third-order valence-corrected chi connectivity index (χ3v) is 9.57. The highest BCUT2D eigenvalue weighted by molar-refractivity contribution is 8.02. The molecule has 2 amide bonds. The van der Waals surface area contributed by atoms with Gasteiger partial charge in [-0.1, -0.05) is 74.2 Å². The summed E-state index contributed by atoms with van der Waals surface area (Å²) in [6, 6.07) is 26.9. The quantitative estimate of drug-likeness (QED) is 0.283. The first kappa shape index (κ1) is 25.0. The molecule has 0 aromatic heterocycles. The Morgan fingerprint density at radius 1 is 0.528 bits per heavy atom. The minimum Gasteiger partial charge on any atom is -0.268 e. The molecule has 0 saturated heterocycles. The number of hydrogen-bond acceptors (Lipinski definition) is 4. The number of benzene rings is 3. The molecule has 2 saturated carbocycles. The highest BCUT2D eigenvalue weighted by atomic mass is 32.2. The van der Waals surface area contributed by atoms with Gasteiger partial charge in [0.15, 0.2) is 0 Å². The number of anilines is 2. The summed E-state index contributed by atoms with van der Waals surface area (Å²) < 4.78 is 3.61. The van der Waals surface area contributed by atoms with E-state index in [0.717, 1.165) is 37.1 Å². The smallest absolute Gasteiger partial charge is 0.268 e. The van der Waals surface area contributed by atoms with Crippen LogP contribution in [-0.2, 0) is 0 Å². The first-order valence-electron chi connectivity index (χ1n) is 12.9. The van der Waals surface area contributed by atoms with E-state index in [4.69, 9.17) is 0 Å². The van der Waals surface area contributed by atoms with Crippen LogP contribution in [-0.4, -0.2) is 22.3 Å². The van der Waals surface area contributed by atoms with Crippen molar-refractivity contribution in [1.82, 2.24) is 0 Å². The summed E-state index contributed by atoms with van der Waals surface area (Å²) in [5, 5.41) is 0.825. The lowest BCUT2D eigenvalue weighted by Gasteiger charge is -2.27. The highest BCUT2D eigenvalue weighted by Gasteiger charge is 2.31. The van der Waals surface area contributed by atoms with Gasteiger partial charge in [0.05, 0.1) is 22.5 Å². The molecule has 5 rings (SSSR count). The van der Waals surface area contributed by atoms with Crippen molar-refractivity contribution in [2.24, 2.45) is 0 Å². The van der Waals surface area contributed by atoms with Gasteiger partial charge in [0.1, 0.15) is 0 Å². The van der Waals surface area contributed by atoms with Crippen molar-refractivity contribution in [1.29, 1.82) is 0 Å². The molecule has 186 valence electrons. The van der Waals surface area contributed by atoms with Gasteiger partial charge in [0, 0.05) is 10.5 Å². The van der Waals surface area contributed by atoms with Gasteiger partial charge in [0.2, 0.25) is 0 Å². The first-order valence-corrected chi connectivity index (χ1v) is 14.6. The molecule has 0 radical (unpaired) electrons. The molecule has 36 heavy (non-hydrogen) atoms. The normalized spacial score (nSPS) is 16.2. The summed E-state index contributed by atoms with van der Waals surface area (Å²) >= 11 is 3.23. The average Bonchev–Trinajstić information content (AvgIpc) is 3.65. The largest absolute Gasteiger partial charge is 0.269 e. The lowest BCUT2D eigenvalue weighted by Crippen LogP contribution is -2.31. The predicted molar refractivity (Wildman–Crippen MR) is 153 cm³/mol. The van der Waals surface area contributed by atoms with E-state index in [0.29, 0.717) is 21.6 Å². The van der Waals surface area contributed by atoms with E-state index < -0.39 is 0 Å². The molecule has 3 aromatic rings. The second-order valence-electron chi connectivity index (χ2n) is 9.44.